The Bertz CT molecular complexity index is 1260. The first-order valence-electron chi connectivity index (χ1n) is 11.0. The fourth-order valence-corrected chi connectivity index (χ4v) is 5.19. The summed E-state index contributed by atoms with van der Waals surface area (Å²) in [6, 6.07) is 9.77. The standard InChI is InChI=1S/C24H20F3N3O4S/c25-24(26,27)18-10-15(3-2-14(18)12-28)29-21(32)23(7-1-8-23)30(22(29)35)16-4-5-19-20(11-16)33-9-6-17(13-31)34-19/h2-5,10-11,17,31H,1,6-9,13H2/t17-/m0/s1. The average molecular weight is 504 g/mol. The number of anilines is 2. The lowest BCUT2D eigenvalue weighted by Crippen LogP contribution is -2.55. The third-order valence-corrected chi connectivity index (χ3v) is 7.03. The van der Waals surface area contributed by atoms with E-state index >= 15 is 0 Å². The Labute approximate surface area is 204 Å². The summed E-state index contributed by atoms with van der Waals surface area (Å²) in [6.45, 7) is 0.172. The SMILES string of the molecule is N#Cc1ccc(N2C(=O)C3(CCC3)N(c3ccc4c(c3)OCC[C@@H](CO)O4)C2=S)cc1C(F)(F)F. The second-order valence-corrected chi connectivity index (χ2v) is 9.04. The summed E-state index contributed by atoms with van der Waals surface area (Å²) in [6.07, 6.45) is -2.91. The van der Waals surface area contributed by atoms with Crippen molar-refractivity contribution in [2.24, 2.45) is 0 Å². The molecule has 0 radical (unpaired) electrons. The van der Waals surface area contributed by atoms with Crippen LogP contribution in [0.25, 0.3) is 0 Å². The van der Waals surface area contributed by atoms with E-state index in [2.05, 4.69) is 0 Å². The number of hydrogen-bond acceptors (Lipinski definition) is 6. The van der Waals surface area contributed by atoms with Gasteiger partial charge in [0.1, 0.15) is 11.6 Å². The van der Waals surface area contributed by atoms with Crippen LogP contribution < -0.4 is 19.3 Å². The number of aliphatic hydroxyl groups excluding tert-OH is 1. The smallest absolute Gasteiger partial charge is 0.417 e. The number of carbonyl (C=O) groups excluding carboxylic acids is 1. The predicted molar refractivity (Wildman–Crippen MR) is 123 cm³/mol. The van der Waals surface area contributed by atoms with Gasteiger partial charge in [-0.1, -0.05) is 0 Å². The van der Waals surface area contributed by atoms with E-state index in [9.17, 15) is 23.1 Å². The third-order valence-electron chi connectivity index (χ3n) is 6.66. The topological polar surface area (TPSA) is 86.0 Å². The number of thiocarbonyl (C=S) groups is 1. The molecule has 35 heavy (non-hydrogen) atoms. The third kappa shape index (κ3) is 3.68. The summed E-state index contributed by atoms with van der Waals surface area (Å²) in [7, 11) is 0. The van der Waals surface area contributed by atoms with Crippen LogP contribution in [0.3, 0.4) is 0 Å². The molecule has 2 aliphatic heterocycles. The molecule has 1 atom stereocenters. The second kappa shape index (κ2) is 8.39. The number of hydrogen-bond donors (Lipinski definition) is 1. The highest BCUT2D eigenvalue weighted by molar-refractivity contribution is 7.81. The van der Waals surface area contributed by atoms with Crippen LogP contribution in [-0.4, -0.2) is 41.0 Å². The van der Waals surface area contributed by atoms with E-state index in [1.165, 1.54) is 6.07 Å². The van der Waals surface area contributed by atoms with Crippen molar-refractivity contribution in [3.63, 3.8) is 0 Å². The zero-order valence-electron chi connectivity index (χ0n) is 18.3. The van der Waals surface area contributed by atoms with Crippen LogP contribution in [0.1, 0.15) is 36.8 Å². The van der Waals surface area contributed by atoms with Gasteiger partial charge in [-0.25, -0.2) is 0 Å². The van der Waals surface area contributed by atoms with Gasteiger partial charge in [-0.3, -0.25) is 9.69 Å². The van der Waals surface area contributed by atoms with Crippen molar-refractivity contribution in [2.75, 3.05) is 23.0 Å². The van der Waals surface area contributed by atoms with Crippen molar-refractivity contribution in [1.29, 1.82) is 5.26 Å². The van der Waals surface area contributed by atoms with Crippen molar-refractivity contribution in [3.05, 3.63) is 47.5 Å². The molecule has 0 bridgehead atoms. The van der Waals surface area contributed by atoms with Crippen LogP contribution in [0.15, 0.2) is 36.4 Å². The van der Waals surface area contributed by atoms with Crippen LogP contribution in [-0.2, 0) is 11.0 Å². The molecule has 3 aliphatic rings. The largest absolute Gasteiger partial charge is 0.489 e. The van der Waals surface area contributed by atoms with Gasteiger partial charge in [0, 0.05) is 18.2 Å². The summed E-state index contributed by atoms with van der Waals surface area (Å²) in [4.78, 5) is 16.4. The lowest BCUT2D eigenvalue weighted by molar-refractivity contribution is -0.137. The molecular formula is C24H20F3N3O4S. The molecule has 1 saturated heterocycles. The van der Waals surface area contributed by atoms with Gasteiger partial charge in [0.25, 0.3) is 5.91 Å². The van der Waals surface area contributed by atoms with Crippen molar-refractivity contribution >= 4 is 34.6 Å². The van der Waals surface area contributed by atoms with Gasteiger partial charge < -0.3 is 19.5 Å². The number of fused-ring (bicyclic) bond motifs is 1. The zero-order valence-corrected chi connectivity index (χ0v) is 19.2. The molecule has 1 amide bonds. The average Bonchev–Trinajstić information content (AvgIpc) is 2.92. The number of alkyl halides is 3. The van der Waals surface area contributed by atoms with Gasteiger partial charge in [-0.05, 0) is 61.8 Å². The van der Waals surface area contributed by atoms with Crippen molar-refractivity contribution < 1.29 is 32.5 Å². The highest BCUT2D eigenvalue weighted by Gasteiger charge is 2.59. The first-order valence-corrected chi connectivity index (χ1v) is 11.4. The van der Waals surface area contributed by atoms with Gasteiger partial charge >= 0.3 is 6.18 Å². The predicted octanol–water partition coefficient (Wildman–Crippen LogP) is 4.16. The summed E-state index contributed by atoms with van der Waals surface area (Å²) in [5, 5.41) is 18.6. The number of carbonyl (C=O) groups is 1. The van der Waals surface area contributed by atoms with Gasteiger partial charge in [-0.15, -0.1) is 0 Å². The van der Waals surface area contributed by atoms with Gasteiger partial charge in [-0.2, -0.15) is 18.4 Å². The Hall–Kier alpha value is -3.36. The molecule has 0 aromatic heterocycles. The molecule has 0 unspecified atom stereocenters. The monoisotopic (exact) mass is 503 g/mol. The maximum absolute atomic E-state index is 13.6. The van der Waals surface area contributed by atoms with Crippen LogP contribution in [0, 0.1) is 11.3 Å². The molecule has 2 aromatic carbocycles. The lowest BCUT2D eigenvalue weighted by atomic mass is 9.75. The van der Waals surface area contributed by atoms with E-state index in [0.29, 0.717) is 43.1 Å². The van der Waals surface area contributed by atoms with Gasteiger partial charge in [0.05, 0.1) is 36.1 Å². The van der Waals surface area contributed by atoms with Gasteiger partial charge in [0.2, 0.25) is 0 Å². The Morgan fingerprint density at radius 1 is 1.17 bits per heavy atom. The normalized spacial score (nSPS) is 21.1. The maximum Gasteiger partial charge on any atom is 0.417 e. The van der Waals surface area contributed by atoms with Crippen molar-refractivity contribution in [2.45, 2.75) is 43.5 Å². The Kier molecular flexibility index (Phi) is 5.61. The van der Waals surface area contributed by atoms with Crippen LogP contribution in [0.2, 0.25) is 0 Å². The molecule has 1 saturated carbocycles. The van der Waals surface area contributed by atoms with E-state index < -0.39 is 34.9 Å². The summed E-state index contributed by atoms with van der Waals surface area (Å²) in [5.41, 5.74) is -2.14. The second-order valence-electron chi connectivity index (χ2n) is 8.67. The summed E-state index contributed by atoms with van der Waals surface area (Å²) in [5.74, 6) is 0.474. The van der Waals surface area contributed by atoms with Crippen molar-refractivity contribution in [3.8, 4) is 17.6 Å². The minimum Gasteiger partial charge on any atom is -0.489 e. The number of halogens is 3. The Balaban J connectivity index is 1.56. The van der Waals surface area contributed by atoms with Crippen LogP contribution in [0.4, 0.5) is 24.5 Å². The Morgan fingerprint density at radius 2 is 1.91 bits per heavy atom. The quantitative estimate of drug-likeness (QED) is 0.630. The summed E-state index contributed by atoms with van der Waals surface area (Å²) < 4.78 is 52.3. The molecule has 1 N–H and O–H groups in total. The molecule has 2 fully saturated rings. The number of rotatable bonds is 3. The van der Waals surface area contributed by atoms with E-state index in [4.69, 9.17) is 27.0 Å². The highest BCUT2D eigenvalue weighted by Crippen LogP contribution is 2.49. The number of nitriles is 1. The molecule has 5 rings (SSSR count). The lowest BCUT2D eigenvalue weighted by Gasteiger charge is -2.43. The molecule has 11 heteroatoms. The van der Waals surface area contributed by atoms with Crippen molar-refractivity contribution in [1.82, 2.24) is 0 Å². The number of benzene rings is 2. The molecule has 2 aromatic rings. The first-order chi connectivity index (χ1) is 16.7. The minimum absolute atomic E-state index is 0.0415. The molecule has 1 spiro atoms. The molecule has 182 valence electrons. The highest BCUT2D eigenvalue weighted by atomic mass is 32.1. The van der Waals surface area contributed by atoms with E-state index in [-0.39, 0.29) is 17.4 Å². The van der Waals surface area contributed by atoms with Gasteiger partial charge in [0.15, 0.2) is 16.6 Å². The maximum atomic E-state index is 13.6. The molecule has 7 nitrogen and oxygen atoms in total. The number of amides is 1. The molecular weight excluding hydrogens is 483 g/mol. The van der Waals surface area contributed by atoms with E-state index in [1.54, 1.807) is 29.2 Å². The number of aliphatic hydroxyl groups is 1. The van der Waals surface area contributed by atoms with E-state index in [1.807, 2.05) is 0 Å². The molecule has 2 heterocycles. The van der Waals surface area contributed by atoms with E-state index in [0.717, 1.165) is 23.5 Å². The van der Waals surface area contributed by atoms with Crippen LogP contribution in [0.5, 0.6) is 11.5 Å². The number of nitrogens with zero attached hydrogens (tertiary/aromatic N) is 3. The fraction of sp³-hybridized carbons (Fsp3) is 0.375. The zero-order chi connectivity index (χ0) is 25.0. The molecule has 1 aliphatic carbocycles. The summed E-state index contributed by atoms with van der Waals surface area (Å²) >= 11 is 5.65. The minimum atomic E-state index is -4.76. The first kappa shape index (κ1) is 23.4. The fourth-order valence-electron chi connectivity index (χ4n) is 4.72. The van der Waals surface area contributed by atoms with Crippen LogP contribution >= 0.6 is 12.2 Å². The Morgan fingerprint density at radius 3 is 2.54 bits per heavy atom. The number of ether oxygens (including phenoxy) is 2.